The average Bonchev–Trinajstić information content (AvgIpc) is 3.07. The molecule has 4 rings (SSSR count). The van der Waals surface area contributed by atoms with Crippen LogP contribution in [0.1, 0.15) is 27.1 Å². The zero-order valence-electron chi connectivity index (χ0n) is 17.8. The Kier molecular flexibility index (Phi) is 6.78. The number of sulfonamides is 1. The van der Waals surface area contributed by atoms with Gasteiger partial charge >= 0.3 is 5.97 Å². The standard InChI is InChI=1S/C24H20FNO7S/c25-18-7-5-16(6-8-18)21(27)15-33-24(28)17-3-1-4-19(13-17)26-34(29,30)20-9-10-22-23(14-20)32-12-2-11-31-22/h1,3-10,13-14,26H,2,11-12,15H2. The van der Waals surface area contributed by atoms with Gasteiger partial charge in [0.05, 0.1) is 23.7 Å². The number of benzene rings is 3. The van der Waals surface area contributed by atoms with Crippen molar-refractivity contribution in [3.8, 4) is 11.5 Å². The van der Waals surface area contributed by atoms with Crippen molar-refractivity contribution in [1.29, 1.82) is 0 Å². The van der Waals surface area contributed by atoms with E-state index in [2.05, 4.69) is 4.72 Å². The van der Waals surface area contributed by atoms with Crippen molar-refractivity contribution in [3.05, 3.63) is 83.7 Å². The third-order valence-electron chi connectivity index (χ3n) is 4.88. The summed E-state index contributed by atoms with van der Waals surface area (Å²) in [5.41, 5.74) is 0.378. The van der Waals surface area contributed by atoms with Crippen molar-refractivity contribution in [1.82, 2.24) is 0 Å². The molecule has 0 fully saturated rings. The maximum Gasteiger partial charge on any atom is 0.338 e. The number of rotatable bonds is 7. The predicted octanol–water partition coefficient (Wildman–Crippen LogP) is 3.83. The minimum absolute atomic E-state index is 0.0328. The minimum atomic E-state index is -3.99. The van der Waals surface area contributed by atoms with E-state index in [1.54, 1.807) is 0 Å². The lowest BCUT2D eigenvalue weighted by atomic mass is 10.1. The average molecular weight is 485 g/mol. The number of anilines is 1. The van der Waals surface area contributed by atoms with Crippen molar-refractivity contribution >= 4 is 27.5 Å². The summed E-state index contributed by atoms with van der Waals surface area (Å²) in [5.74, 6) is -0.994. The highest BCUT2D eigenvalue weighted by Crippen LogP contribution is 2.32. The van der Waals surface area contributed by atoms with E-state index in [9.17, 15) is 22.4 Å². The van der Waals surface area contributed by atoms with Crippen LogP contribution in [0.4, 0.5) is 10.1 Å². The first-order chi connectivity index (χ1) is 16.3. The summed E-state index contributed by atoms with van der Waals surface area (Å²) < 4.78 is 57.2. The molecule has 0 bridgehead atoms. The van der Waals surface area contributed by atoms with Crippen molar-refractivity contribution in [3.63, 3.8) is 0 Å². The normalized spacial score (nSPS) is 13.0. The zero-order valence-corrected chi connectivity index (χ0v) is 18.6. The number of ketones is 1. The number of esters is 1. The summed E-state index contributed by atoms with van der Waals surface area (Å²) in [7, 11) is -3.99. The van der Waals surface area contributed by atoms with Crippen LogP contribution in [-0.4, -0.2) is 40.0 Å². The first kappa shape index (κ1) is 23.2. The Bertz CT molecular complexity index is 1320. The minimum Gasteiger partial charge on any atom is -0.490 e. The number of ether oxygens (including phenoxy) is 3. The Morgan fingerprint density at radius 3 is 2.41 bits per heavy atom. The molecule has 1 aliphatic rings. The number of hydrogen-bond acceptors (Lipinski definition) is 7. The Labute approximate surface area is 195 Å². The van der Waals surface area contributed by atoms with Crippen LogP contribution in [0.2, 0.25) is 0 Å². The highest BCUT2D eigenvalue weighted by molar-refractivity contribution is 7.92. The second-order valence-electron chi connectivity index (χ2n) is 7.35. The SMILES string of the molecule is O=C(COC(=O)c1cccc(NS(=O)(=O)c2ccc3c(c2)OCCCO3)c1)c1ccc(F)cc1. The number of carbonyl (C=O) groups excluding carboxylic acids is 2. The molecule has 0 aliphatic carbocycles. The van der Waals surface area contributed by atoms with E-state index < -0.39 is 34.2 Å². The lowest BCUT2D eigenvalue weighted by Gasteiger charge is -2.12. The summed E-state index contributed by atoms with van der Waals surface area (Å²) in [5, 5.41) is 0. The smallest absolute Gasteiger partial charge is 0.338 e. The molecule has 0 spiro atoms. The molecule has 176 valence electrons. The molecule has 0 aromatic heterocycles. The summed E-state index contributed by atoms with van der Waals surface area (Å²) >= 11 is 0. The molecule has 0 atom stereocenters. The van der Waals surface area contributed by atoms with E-state index in [4.69, 9.17) is 14.2 Å². The van der Waals surface area contributed by atoms with Gasteiger partial charge in [-0.2, -0.15) is 0 Å². The number of halogens is 1. The molecule has 34 heavy (non-hydrogen) atoms. The molecule has 0 amide bonds. The molecule has 3 aromatic carbocycles. The van der Waals surface area contributed by atoms with E-state index in [1.165, 1.54) is 54.6 Å². The number of nitrogens with one attached hydrogen (secondary N) is 1. The van der Waals surface area contributed by atoms with Gasteiger partial charge in [0.2, 0.25) is 0 Å². The molecule has 1 N–H and O–H groups in total. The zero-order chi connectivity index (χ0) is 24.1. The summed E-state index contributed by atoms with van der Waals surface area (Å²) in [6.45, 7) is 0.352. The summed E-state index contributed by atoms with van der Waals surface area (Å²) in [6, 6.07) is 14.8. The molecule has 10 heteroatoms. The molecule has 1 aliphatic heterocycles. The lowest BCUT2D eigenvalue weighted by Crippen LogP contribution is -2.16. The van der Waals surface area contributed by atoms with Crippen LogP contribution in [-0.2, 0) is 14.8 Å². The molecule has 8 nitrogen and oxygen atoms in total. The quantitative estimate of drug-likeness (QED) is 0.400. The third kappa shape index (κ3) is 5.52. The van der Waals surface area contributed by atoms with Gasteiger partial charge in [-0.05, 0) is 54.6 Å². The van der Waals surface area contributed by atoms with Gasteiger partial charge in [0.1, 0.15) is 5.82 Å². The van der Waals surface area contributed by atoms with Gasteiger partial charge in [-0.25, -0.2) is 17.6 Å². The van der Waals surface area contributed by atoms with Gasteiger partial charge in [-0.3, -0.25) is 9.52 Å². The number of carbonyl (C=O) groups is 2. The van der Waals surface area contributed by atoms with Crippen LogP contribution in [0.15, 0.2) is 71.6 Å². The molecule has 3 aromatic rings. The van der Waals surface area contributed by atoms with Gasteiger partial charge in [-0.1, -0.05) is 6.07 Å². The second kappa shape index (κ2) is 9.92. The van der Waals surface area contributed by atoms with E-state index in [0.29, 0.717) is 31.1 Å². The Morgan fingerprint density at radius 2 is 1.65 bits per heavy atom. The van der Waals surface area contributed by atoms with Gasteiger partial charge in [-0.15, -0.1) is 0 Å². The Balaban J connectivity index is 1.43. The van der Waals surface area contributed by atoms with Crippen molar-refractivity contribution in [2.75, 3.05) is 24.5 Å². The van der Waals surface area contributed by atoms with E-state index >= 15 is 0 Å². The van der Waals surface area contributed by atoms with Crippen molar-refractivity contribution in [2.45, 2.75) is 11.3 Å². The van der Waals surface area contributed by atoms with Crippen LogP contribution >= 0.6 is 0 Å². The number of fused-ring (bicyclic) bond motifs is 1. The molecule has 0 saturated carbocycles. The van der Waals surface area contributed by atoms with Crippen LogP contribution < -0.4 is 14.2 Å². The Morgan fingerprint density at radius 1 is 0.912 bits per heavy atom. The number of hydrogen-bond donors (Lipinski definition) is 1. The van der Waals surface area contributed by atoms with Crippen LogP contribution in [0.25, 0.3) is 0 Å². The highest BCUT2D eigenvalue weighted by atomic mass is 32.2. The van der Waals surface area contributed by atoms with Crippen molar-refractivity contribution in [2.24, 2.45) is 0 Å². The molecule has 0 radical (unpaired) electrons. The molecular weight excluding hydrogens is 465 g/mol. The fourth-order valence-electron chi connectivity index (χ4n) is 3.17. The second-order valence-corrected chi connectivity index (χ2v) is 9.03. The topological polar surface area (TPSA) is 108 Å². The number of Topliss-reactive ketones (excluding diaryl/α,β-unsaturated/α-hetero) is 1. The molecular formula is C24H20FNO7S. The molecule has 0 saturated heterocycles. The van der Waals surface area contributed by atoms with E-state index in [0.717, 1.165) is 12.1 Å². The summed E-state index contributed by atoms with van der Waals surface area (Å²) in [4.78, 5) is 24.5. The Hall–Kier alpha value is -3.92. The van der Waals surface area contributed by atoms with Crippen LogP contribution in [0.5, 0.6) is 11.5 Å². The third-order valence-corrected chi connectivity index (χ3v) is 6.26. The van der Waals surface area contributed by atoms with E-state index in [1.807, 2.05) is 0 Å². The molecule has 1 heterocycles. The summed E-state index contributed by atoms with van der Waals surface area (Å²) in [6.07, 6.45) is 0.688. The largest absolute Gasteiger partial charge is 0.490 e. The van der Waals surface area contributed by atoms with Gasteiger partial charge in [0.25, 0.3) is 10.0 Å². The fraction of sp³-hybridized carbons (Fsp3) is 0.167. The van der Waals surface area contributed by atoms with Crippen LogP contribution in [0.3, 0.4) is 0 Å². The highest BCUT2D eigenvalue weighted by Gasteiger charge is 2.20. The maximum atomic E-state index is 13.0. The van der Waals surface area contributed by atoms with Gasteiger partial charge in [0.15, 0.2) is 23.9 Å². The fourth-order valence-corrected chi connectivity index (χ4v) is 4.23. The van der Waals surface area contributed by atoms with E-state index in [-0.39, 0.29) is 21.7 Å². The first-order valence-corrected chi connectivity index (χ1v) is 11.8. The van der Waals surface area contributed by atoms with Crippen molar-refractivity contribution < 1.29 is 36.6 Å². The first-order valence-electron chi connectivity index (χ1n) is 10.3. The van der Waals surface area contributed by atoms with Gasteiger partial charge in [0, 0.05) is 23.7 Å². The maximum absolute atomic E-state index is 13.0. The monoisotopic (exact) mass is 485 g/mol. The lowest BCUT2D eigenvalue weighted by molar-refractivity contribution is 0.0475. The molecule has 0 unspecified atom stereocenters. The van der Waals surface area contributed by atoms with Crippen LogP contribution in [0, 0.1) is 5.82 Å². The van der Waals surface area contributed by atoms with Gasteiger partial charge < -0.3 is 14.2 Å². The predicted molar refractivity (Wildman–Crippen MR) is 120 cm³/mol.